The lowest BCUT2D eigenvalue weighted by atomic mass is 10.2. The zero-order valence-electron chi connectivity index (χ0n) is 10.0. The zero-order valence-corrected chi connectivity index (χ0v) is 10.0. The highest BCUT2D eigenvalue weighted by Crippen LogP contribution is 2.08. The number of esters is 1. The van der Waals surface area contributed by atoms with E-state index in [0.29, 0.717) is 23.6 Å². The predicted octanol–water partition coefficient (Wildman–Crippen LogP) is 1.24. The van der Waals surface area contributed by atoms with Crippen LogP contribution in [0.1, 0.15) is 23.1 Å². The van der Waals surface area contributed by atoms with E-state index in [-0.39, 0.29) is 6.61 Å². The molecular weight excluding hydrogens is 232 g/mol. The Bertz CT molecular complexity index is 533. The molecule has 6 heteroatoms. The van der Waals surface area contributed by atoms with Crippen molar-refractivity contribution in [1.82, 2.24) is 14.8 Å². The van der Waals surface area contributed by atoms with Crippen molar-refractivity contribution in [1.29, 1.82) is 0 Å². The van der Waals surface area contributed by atoms with Crippen LogP contribution in [0.25, 0.3) is 0 Å². The molecule has 2 N–H and O–H groups in total. The second kappa shape index (κ2) is 5.31. The minimum absolute atomic E-state index is 0.108. The first-order valence-corrected chi connectivity index (χ1v) is 5.60. The minimum Gasteiger partial charge on any atom is -0.454 e. The lowest BCUT2D eigenvalue weighted by Crippen LogP contribution is -2.10. The number of benzene rings is 1. The number of rotatable bonds is 4. The summed E-state index contributed by atoms with van der Waals surface area (Å²) in [6.07, 6.45) is 1.44. The van der Waals surface area contributed by atoms with Gasteiger partial charge in [-0.05, 0) is 31.2 Å². The van der Waals surface area contributed by atoms with Crippen molar-refractivity contribution >= 4 is 11.7 Å². The van der Waals surface area contributed by atoms with E-state index in [9.17, 15) is 4.79 Å². The Morgan fingerprint density at radius 2 is 2.11 bits per heavy atom. The number of aromatic nitrogens is 3. The van der Waals surface area contributed by atoms with Gasteiger partial charge >= 0.3 is 5.97 Å². The van der Waals surface area contributed by atoms with Crippen LogP contribution in [0, 0.1) is 0 Å². The molecule has 0 amide bonds. The molecule has 6 nitrogen and oxygen atoms in total. The van der Waals surface area contributed by atoms with Gasteiger partial charge in [0.1, 0.15) is 6.33 Å². The van der Waals surface area contributed by atoms with Gasteiger partial charge in [-0.2, -0.15) is 5.10 Å². The molecule has 2 aromatic rings. The highest BCUT2D eigenvalue weighted by molar-refractivity contribution is 5.89. The topological polar surface area (TPSA) is 83.0 Å². The van der Waals surface area contributed by atoms with Gasteiger partial charge in [0.05, 0.1) is 5.56 Å². The van der Waals surface area contributed by atoms with Crippen LogP contribution < -0.4 is 5.73 Å². The number of hydrogen-bond donors (Lipinski definition) is 1. The molecule has 0 radical (unpaired) electrons. The second-order valence-electron chi connectivity index (χ2n) is 3.69. The summed E-state index contributed by atoms with van der Waals surface area (Å²) in [5.41, 5.74) is 6.62. The molecule has 0 bridgehead atoms. The molecule has 0 atom stereocenters. The van der Waals surface area contributed by atoms with Crippen LogP contribution in [0.4, 0.5) is 5.69 Å². The fourth-order valence-electron chi connectivity index (χ4n) is 1.50. The number of carbonyl (C=O) groups excluding carboxylic acids is 1. The van der Waals surface area contributed by atoms with Gasteiger partial charge in [0, 0.05) is 12.2 Å². The van der Waals surface area contributed by atoms with Gasteiger partial charge < -0.3 is 10.5 Å². The van der Waals surface area contributed by atoms with Crippen LogP contribution in [-0.2, 0) is 17.9 Å². The fraction of sp³-hybridized carbons (Fsp3) is 0.250. The van der Waals surface area contributed by atoms with Gasteiger partial charge in [0.25, 0.3) is 0 Å². The highest BCUT2D eigenvalue weighted by Gasteiger charge is 2.09. The van der Waals surface area contributed by atoms with E-state index in [1.54, 1.807) is 28.9 Å². The molecule has 0 aliphatic heterocycles. The first kappa shape index (κ1) is 12.1. The summed E-state index contributed by atoms with van der Waals surface area (Å²) in [6.45, 7) is 2.74. The summed E-state index contributed by atoms with van der Waals surface area (Å²) < 4.78 is 6.83. The molecule has 0 saturated heterocycles. The Balaban J connectivity index is 1.98. The first-order chi connectivity index (χ1) is 8.70. The van der Waals surface area contributed by atoms with Gasteiger partial charge in [0.15, 0.2) is 12.4 Å². The van der Waals surface area contributed by atoms with Gasteiger partial charge in [-0.3, -0.25) is 0 Å². The summed E-state index contributed by atoms with van der Waals surface area (Å²) >= 11 is 0. The molecule has 0 fully saturated rings. The smallest absolute Gasteiger partial charge is 0.338 e. The maximum absolute atomic E-state index is 11.7. The fourth-order valence-corrected chi connectivity index (χ4v) is 1.50. The summed E-state index contributed by atoms with van der Waals surface area (Å²) in [7, 11) is 0. The number of nitrogen functional groups attached to an aromatic ring is 1. The number of nitrogens with two attached hydrogens (primary N) is 1. The number of hydrogen-bond acceptors (Lipinski definition) is 5. The van der Waals surface area contributed by atoms with E-state index < -0.39 is 5.97 Å². The van der Waals surface area contributed by atoms with Crippen LogP contribution in [0.2, 0.25) is 0 Å². The maximum atomic E-state index is 11.7. The molecule has 1 aromatic carbocycles. The van der Waals surface area contributed by atoms with Crippen molar-refractivity contribution in [2.24, 2.45) is 0 Å². The van der Waals surface area contributed by atoms with Crippen LogP contribution in [0.3, 0.4) is 0 Å². The molecular formula is C12H14N4O2. The number of carbonyl (C=O) groups is 1. The van der Waals surface area contributed by atoms with Crippen molar-refractivity contribution in [3.05, 3.63) is 42.0 Å². The van der Waals surface area contributed by atoms with E-state index in [4.69, 9.17) is 10.5 Å². The minimum atomic E-state index is -0.402. The molecule has 0 aliphatic rings. The average molecular weight is 246 g/mol. The summed E-state index contributed by atoms with van der Waals surface area (Å²) in [6, 6.07) is 6.57. The quantitative estimate of drug-likeness (QED) is 0.648. The van der Waals surface area contributed by atoms with Crippen molar-refractivity contribution in [3.63, 3.8) is 0 Å². The SMILES string of the molecule is CCn1ncnc1COC(=O)c1ccc(N)cc1. The lowest BCUT2D eigenvalue weighted by molar-refractivity contribution is 0.0457. The van der Waals surface area contributed by atoms with Crippen LogP contribution in [0.15, 0.2) is 30.6 Å². The van der Waals surface area contributed by atoms with Gasteiger partial charge in [-0.1, -0.05) is 0 Å². The Morgan fingerprint density at radius 1 is 1.39 bits per heavy atom. The number of aryl methyl sites for hydroxylation is 1. The van der Waals surface area contributed by atoms with E-state index >= 15 is 0 Å². The maximum Gasteiger partial charge on any atom is 0.338 e. The summed E-state index contributed by atoms with van der Waals surface area (Å²) in [4.78, 5) is 15.8. The van der Waals surface area contributed by atoms with Crippen LogP contribution in [0.5, 0.6) is 0 Å². The molecule has 2 rings (SSSR count). The van der Waals surface area contributed by atoms with E-state index in [0.717, 1.165) is 0 Å². The van der Waals surface area contributed by atoms with Gasteiger partial charge in [-0.15, -0.1) is 0 Å². The van der Waals surface area contributed by atoms with E-state index in [1.807, 2.05) is 6.92 Å². The second-order valence-corrected chi connectivity index (χ2v) is 3.69. The summed E-state index contributed by atoms with van der Waals surface area (Å²) in [5, 5.41) is 3.99. The Labute approximate surface area is 104 Å². The largest absolute Gasteiger partial charge is 0.454 e. The third kappa shape index (κ3) is 2.65. The number of nitrogens with zero attached hydrogens (tertiary/aromatic N) is 3. The average Bonchev–Trinajstić information content (AvgIpc) is 2.84. The highest BCUT2D eigenvalue weighted by atomic mass is 16.5. The Hall–Kier alpha value is -2.37. The molecule has 0 spiro atoms. The zero-order chi connectivity index (χ0) is 13.0. The number of anilines is 1. The van der Waals surface area contributed by atoms with E-state index in [2.05, 4.69) is 10.1 Å². The summed E-state index contributed by atoms with van der Waals surface area (Å²) in [5.74, 6) is 0.224. The normalized spacial score (nSPS) is 10.3. The third-order valence-corrected chi connectivity index (χ3v) is 2.47. The third-order valence-electron chi connectivity index (χ3n) is 2.47. The lowest BCUT2D eigenvalue weighted by Gasteiger charge is -2.05. The monoisotopic (exact) mass is 246 g/mol. The van der Waals surface area contributed by atoms with Crippen LogP contribution in [-0.4, -0.2) is 20.7 Å². The van der Waals surface area contributed by atoms with E-state index in [1.165, 1.54) is 6.33 Å². The molecule has 1 heterocycles. The predicted molar refractivity (Wildman–Crippen MR) is 65.7 cm³/mol. The standard InChI is InChI=1S/C12H14N4O2/c1-2-16-11(14-8-15-16)7-18-12(17)9-3-5-10(13)6-4-9/h3-6,8H,2,7,13H2,1H3. The molecule has 0 saturated carbocycles. The molecule has 1 aromatic heterocycles. The van der Waals surface area contributed by atoms with Crippen molar-refractivity contribution in [2.75, 3.05) is 5.73 Å². The molecule has 0 unspecified atom stereocenters. The molecule has 0 aliphatic carbocycles. The number of ether oxygens (including phenoxy) is 1. The Kier molecular flexibility index (Phi) is 3.57. The van der Waals surface area contributed by atoms with Gasteiger partial charge in [-0.25, -0.2) is 14.5 Å². The van der Waals surface area contributed by atoms with Crippen molar-refractivity contribution in [3.8, 4) is 0 Å². The molecule has 94 valence electrons. The first-order valence-electron chi connectivity index (χ1n) is 5.60. The molecule has 18 heavy (non-hydrogen) atoms. The van der Waals surface area contributed by atoms with Crippen molar-refractivity contribution in [2.45, 2.75) is 20.1 Å². The van der Waals surface area contributed by atoms with Gasteiger partial charge in [0.2, 0.25) is 0 Å². The van der Waals surface area contributed by atoms with Crippen LogP contribution >= 0.6 is 0 Å². The Morgan fingerprint density at radius 3 is 2.78 bits per heavy atom. The van der Waals surface area contributed by atoms with Crippen molar-refractivity contribution < 1.29 is 9.53 Å².